The molecule has 8 nitrogen and oxygen atoms in total. The molecule has 178 valence electrons. The molecule has 3 N–H and O–H groups in total. The highest BCUT2D eigenvalue weighted by Crippen LogP contribution is 2.49. The largest absolute Gasteiger partial charge is 0.497 e. The second-order valence-corrected chi connectivity index (χ2v) is 9.07. The standard InChI is InChI=1S/C26H30N4O4/c1-17-13-20(29-23(14-17)30-22-15-19(34-3)9-12-27-22)18-7-8-21(28-16-18)25(2,33)26(24(31)32)10-5-4-6-11-26/h7-9,12-16,33H,4-6,10-11H2,1-3H3,(H,31,32)(H,27,29,30). The molecule has 0 amide bonds. The van der Waals surface area contributed by atoms with Crippen LogP contribution in [-0.2, 0) is 10.4 Å². The maximum Gasteiger partial charge on any atom is 0.312 e. The minimum atomic E-state index is -1.58. The van der Waals surface area contributed by atoms with E-state index in [1.807, 2.05) is 25.1 Å². The molecule has 4 rings (SSSR count). The van der Waals surface area contributed by atoms with Crippen molar-refractivity contribution >= 4 is 17.6 Å². The van der Waals surface area contributed by atoms with Crippen LogP contribution in [0.5, 0.6) is 5.75 Å². The fourth-order valence-electron chi connectivity index (χ4n) is 4.76. The molecule has 8 heteroatoms. The molecule has 0 aromatic carbocycles. The molecule has 0 bridgehead atoms. The molecule has 1 unspecified atom stereocenters. The average molecular weight is 463 g/mol. The maximum absolute atomic E-state index is 12.2. The van der Waals surface area contributed by atoms with Gasteiger partial charge in [-0.15, -0.1) is 0 Å². The van der Waals surface area contributed by atoms with Crippen LogP contribution in [0.2, 0.25) is 0 Å². The van der Waals surface area contributed by atoms with Crippen LogP contribution < -0.4 is 10.1 Å². The van der Waals surface area contributed by atoms with E-state index in [1.165, 1.54) is 0 Å². The van der Waals surface area contributed by atoms with Crippen LogP contribution in [0.15, 0.2) is 48.8 Å². The van der Waals surface area contributed by atoms with Gasteiger partial charge >= 0.3 is 5.97 Å². The monoisotopic (exact) mass is 462 g/mol. The summed E-state index contributed by atoms with van der Waals surface area (Å²) in [5, 5.41) is 24.6. The van der Waals surface area contributed by atoms with Crippen molar-refractivity contribution in [3.8, 4) is 17.0 Å². The lowest BCUT2D eigenvalue weighted by molar-refractivity contribution is -0.175. The number of nitrogens with zero attached hydrogens (tertiary/aromatic N) is 3. The van der Waals surface area contributed by atoms with Gasteiger partial charge in [-0.25, -0.2) is 9.97 Å². The second-order valence-electron chi connectivity index (χ2n) is 9.07. The Kier molecular flexibility index (Phi) is 6.52. The molecule has 0 aliphatic heterocycles. The van der Waals surface area contributed by atoms with Crippen LogP contribution >= 0.6 is 0 Å². The van der Waals surface area contributed by atoms with E-state index in [1.54, 1.807) is 44.6 Å². The summed E-state index contributed by atoms with van der Waals surface area (Å²) in [7, 11) is 1.60. The van der Waals surface area contributed by atoms with Crippen molar-refractivity contribution in [3.63, 3.8) is 0 Å². The van der Waals surface area contributed by atoms with Crippen molar-refractivity contribution in [2.24, 2.45) is 5.41 Å². The summed E-state index contributed by atoms with van der Waals surface area (Å²) >= 11 is 0. The number of nitrogens with one attached hydrogen (secondary N) is 1. The summed E-state index contributed by atoms with van der Waals surface area (Å²) in [6, 6.07) is 10.9. The van der Waals surface area contributed by atoms with E-state index in [-0.39, 0.29) is 0 Å². The van der Waals surface area contributed by atoms with Gasteiger partial charge in [0.25, 0.3) is 0 Å². The summed E-state index contributed by atoms with van der Waals surface area (Å²) < 4.78 is 5.25. The number of aromatic nitrogens is 3. The molecule has 0 radical (unpaired) electrons. The number of hydrogen-bond acceptors (Lipinski definition) is 7. The minimum absolute atomic E-state index is 0.354. The average Bonchev–Trinajstić information content (AvgIpc) is 2.84. The third kappa shape index (κ3) is 4.46. The number of anilines is 2. The zero-order valence-corrected chi connectivity index (χ0v) is 19.7. The van der Waals surface area contributed by atoms with Crippen LogP contribution in [-0.4, -0.2) is 38.2 Å². The third-order valence-electron chi connectivity index (χ3n) is 6.80. The van der Waals surface area contributed by atoms with Gasteiger partial charge in [0.05, 0.1) is 18.5 Å². The molecular weight excluding hydrogens is 432 g/mol. The number of pyridine rings is 3. The van der Waals surface area contributed by atoms with E-state index in [0.717, 1.165) is 30.4 Å². The predicted molar refractivity (Wildman–Crippen MR) is 129 cm³/mol. The first-order valence-electron chi connectivity index (χ1n) is 11.4. The molecule has 34 heavy (non-hydrogen) atoms. The van der Waals surface area contributed by atoms with Crippen molar-refractivity contribution in [1.82, 2.24) is 15.0 Å². The smallest absolute Gasteiger partial charge is 0.312 e. The summed E-state index contributed by atoms with van der Waals surface area (Å²) in [5.74, 6) is 0.956. The number of carboxylic acids is 1. The van der Waals surface area contributed by atoms with Gasteiger partial charge in [0.2, 0.25) is 0 Å². The Balaban J connectivity index is 1.62. The minimum Gasteiger partial charge on any atom is -0.497 e. The van der Waals surface area contributed by atoms with Crippen LogP contribution in [0.25, 0.3) is 11.3 Å². The van der Waals surface area contributed by atoms with E-state index >= 15 is 0 Å². The number of methoxy groups -OCH3 is 1. The normalized spacial score (nSPS) is 16.9. The lowest BCUT2D eigenvalue weighted by atomic mass is 9.62. The van der Waals surface area contributed by atoms with Crippen LogP contribution in [0.1, 0.15) is 50.3 Å². The summed E-state index contributed by atoms with van der Waals surface area (Å²) in [6.45, 7) is 3.55. The quantitative estimate of drug-likeness (QED) is 0.456. The van der Waals surface area contributed by atoms with Crippen molar-refractivity contribution in [2.45, 2.75) is 51.6 Å². The lowest BCUT2D eigenvalue weighted by Gasteiger charge is -2.44. The summed E-state index contributed by atoms with van der Waals surface area (Å²) in [4.78, 5) is 25.7. The Labute approximate surface area is 199 Å². The van der Waals surface area contributed by atoms with Gasteiger partial charge in [-0.2, -0.15) is 0 Å². The van der Waals surface area contributed by atoms with E-state index in [4.69, 9.17) is 4.74 Å². The first kappa shape index (κ1) is 23.6. The number of rotatable bonds is 7. The fourth-order valence-corrected chi connectivity index (χ4v) is 4.76. The van der Waals surface area contributed by atoms with Gasteiger partial charge in [0.1, 0.15) is 28.4 Å². The Morgan fingerprint density at radius 2 is 1.85 bits per heavy atom. The predicted octanol–water partition coefficient (Wildman–Crippen LogP) is 4.84. The van der Waals surface area contributed by atoms with Crippen molar-refractivity contribution < 1.29 is 19.7 Å². The van der Waals surface area contributed by atoms with Gasteiger partial charge in [-0.3, -0.25) is 9.78 Å². The number of carbonyl (C=O) groups is 1. The molecule has 1 aliphatic carbocycles. The number of aliphatic carboxylic acids is 1. The van der Waals surface area contributed by atoms with Crippen LogP contribution in [0.3, 0.4) is 0 Å². The number of carboxylic acid groups (broad SMARTS) is 1. The number of ether oxygens (including phenoxy) is 1. The third-order valence-corrected chi connectivity index (χ3v) is 6.80. The second kappa shape index (κ2) is 9.38. The zero-order valence-electron chi connectivity index (χ0n) is 19.7. The van der Waals surface area contributed by atoms with Gasteiger partial charge in [0, 0.05) is 24.0 Å². The summed E-state index contributed by atoms with van der Waals surface area (Å²) in [6.07, 6.45) is 6.71. The topological polar surface area (TPSA) is 117 Å². The van der Waals surface area contributed by atoms with Crippen molar-refractivity contribution in [2.75, 3.05) is 12.4 Å². The van der Waals surface area contributed by atoms with E-state index < -0.39 is 17.0 Å². The van der Waals surface area contributed by atoms with E-state index in [9.17, 15) is 15.0 Å². The molecule has 1 saturated carbocycles. The molecule has 3 aromatic heterocycles. The van der Waals surface area contributed by atoms with Gasteiger partial charge in [-0.05, 0) is 62.6 Å². The lowest BCUT2D eigenvalue weighted by Crippen LogP contribution is -2.50. The van der Waals surface area contributed by atoms with E-state index in [2.05, 4.69) is 20.3 Å². The van der Waals surface area contributed by atoms with Gasteiger partial charge in [-0.1, -0.05) is 19.3 Å². The fraction of sp³-hybridized carbons (Fsp3) is 0.385. The van der Waals surface area contributed by atoms with Gasteiger partial charge in [0.15, 0.2) is 0 Å². The highest BCUT2D eigenvalue weighted by Gasteiger charge is 2.55. The van der Waals surface area contributed by atoms with Crippen LogP contribution in [0.4, 0.5) is 11.6 Å². The SMILES string of the molecule is COc1ccnc(Nc2cc(C)cc(-c3ccc(C(C)(O)C4(C(=O)O)CCCCC4)nc3)n2)c1. The number of aryl methyl sites for hydroxylation is 1. The molecule has 3 heterocycles. The van der Waals surface area contributed by atoms with Crippen molar-refractivity contribution in [3.05, 3.63) is 60.0 Å². The highest BCUT2D eigenvalue weighted by molar-refractivity contribution is 5.77. The zero-order chi connectivity index (χ0) is 24.3. The maximum atomic E-state index is 12.2. The Hall–Kier alpha value is -3.52. The molecule has 1 atom stereocenters. The molecule has 3 aromatic rings. The first-order valence-corrected chi connectivity index (χ1v) is 11.4. The molecule has 0 saturated heterocycles. The van der Waals surface area contributed by atoms with E-state index in [0.29, 0.717) is 41.6 Å². The van der Waals surface area contributed by atoms with Crippen LogP contribution in [0, 0.1) is 12.3 Å². The highest BCUT2D eigenvalue weighted by atomic mass is 16.5. The first-order chi connectivity index (χ1) is 16.2. The molecule has 1 fully saturated rings. The Bertz CT molecular complexity index is 1170. The van der Waals surface area contributed by atoms with Crippen molar-refractivity contribution in [1.29, 1.82) is 0 Å². The number of hydrogen-bond donors (Lipinski definition) is 3. The molecular formula is C26H30N4O4. The summed E-state index contributed by atoms with van der Waals surface area (Å²) in [5.41, 5.74) is 0.00310. The Morgan fingerprint density at radius 3 is 2.50 bits per heavy atom. The number of aliphatic hydroxyl groups is 1. The molecule has 0 spiro atoms. The Morgan fingerprint density at radius 1 is 1.09 bits per heavy atom. The molecule has 1 aliphatic rings. The van der Waals surface area contributed by atoms with Gasteiger partial charge < -0.3 is 20.3 Å².